The SMILES string of the molecule is CC(F)(F)c1ncncc1C#N. The van der Waals surface area contributed by atoms with Gasteiger partial charge in [0.15, 0.2) is 0 Å². The summed E-state index contributed by atoms with van der Waals surface area (Å²) in [6.45, 7) is 0.691. The Morgan fingerprint density at radius 3 is 2.67 bits per heavy atom. The van der Waals surface area contributed by atoms with Crippen molar-refractivity contribution in [3.8, 4) is 6.07 Å². The van der Waals surface area contributed by atoms with Gasteiger partial charge in [-0.3, -0.25) is 0 Å². The fraction of sp³-hybridized carbons (Fsp3) is 0.286. The molecule has 0 bridgehead atoms. The highest BCUT2D eigenvalue weighted by atomic mass is 19.3. The number of nitrogens with zero attached hydrogens (tertiary/aromatic N) is 3. The molecule has 0 spiro atoms. The molecule has 12 heavy (non-hydrogen) atoms. The van der Waals surface area contributed by atoms with Gasteiger partial charge in [0.25, 0.3) is 5.92 Å². The van der Waals surface area contributed by atoms with Gasteiger partial charge in [0.1, 0.15) is 18.1 Å². The molecule has 62 valence electrons. The first kappa shape index (κ1) is 8.53. The first-order chi connectivity index (χ1) is 5.55. The Bertz CT molecular complexity index is 324. The van der Waals surface area contributed by atoms with Gasteiger partial charge < -0.3 is 0 Å². The molecular formula is C7H5F2N3. The van der Waals surface area contributed by atoms with Crippen molar-refractivity contribution in [1.29, 1.82) is 5.26 Å². The number of nitriles is 1. The third kappa shape index (κ3) is 1.53. The second kappa shape index (κ2) is 2.81. The van der Waals surface area contributed by atoms with E-state index in [2.05, 4.69) is 9.97 Å². The van der Waals surface area contributed by atoms with Gasteiger partial charge in [-0.2, -0.15) is 14.0 Å². The van der Waals surface area contributed by atoms with Crippen molar-refractivity contribution in [3.05, 3.63) is 23.8 Å². The largest absolute Gasteiger partial charge is 0.288 e. The maximum Gasteiger partial charge on any atom is 0.288 e. The molecule has 1 rings (SSSR count). The van der Waals surface area contributed by atoms with Gasteiger partial charge in [0.2, 0.25) is 0 Å². The van der Waals surface area contributed by atoms with E-state index in [4.69, 9.17) is 5.26 Å². The van der Waals surface area contributed by atoms with Gasteiger partial charge in [-0.1, -0.05) is 0 Å². The highest BCUT2D eigenvalue weighted by molar-refractivity contribution is 5.32. The first-order valence-electron chi connectivity index (χ1n) is 3.14. The van der Waals surface area contributed by atoms with Crippen LogP contribution in [0.2, 0.25) is 0 Å². The maximum atomic E-state index is 12.7. The Balaban J connectivity index is 3.26. The van der Waals surface area contributed by atoms with Gasteiger partial charge in [0, 0.05) is 13.1 Å². The Kier molecular flexibility index (Phi) is 2.00. The summed E-state index contributed by atoms with van der Waals surface area (Å²) in [7, 11) is 0. The van der Waals surface area contributed by atoms with E-state index in [9.17, 15) is 8.78 Å². The Morgan fingerprint density at radius 1 is 1.58 bits per heavy atom. The van der Waals surface area contributed by atoms with Crippen molar-refractivity contribution in [2.45, 2.75) is 12.8 Å². The number of rotatable bonds is 1. The summed E-state index contributed by atoms with van der Waals surface area (Å²) in [5, 5.41) is 8.42. The van der Waals surface area contributed by atoms with E-state index in [1.165, 1.54) is 0 Å². The zero-order chi connectivity index (χ0) is 9.19. The lowest BCUT2D eigenvalue weighted by molar-refractivity contribution is 0.0123. The van der Waals surface area contributed by atoms with Crippen molar-refractivity contribution >= 4 is 0 Å². The number of hydrogen-bond acceptors (Lipinski definition) is 3. The van der Waals surface area contributed by atoms with E-state index < -0.39 is 11.6 Å². The summed E-state index contributed by atoms with van der Waals surface area (Å²) >= 11 is 0. The molecule has 5 heteroatoms. The highest BCUT2D eigenvalue weighted by Crippen LogP contribution is 2.26. The van der Waals surface area contributed by atoms with Gasteiger partial charge in [-0.05, 0) is 0 Å². The zero-order valence-electron chi connectivity index (χ0n) is 6.25. The van der Waals surface area contributed by atoms with Crippen molar-refractivity contribution in [2.24, 2.45) is 0 Å². The Hall–Kier alpha value is -1.57. The van der Waals surface area contributed by atoms with E-state index in [0.717, 1.165) is 12.5 Å². The molecule has 0 aliphatic heterocycles. The summed E-state index contributed by atoms with van der Waals surface area (Å²) in [5.41, 5.74) is -0.718. The van der Waals surface area contributed by atoms with Gasteiger partial charge in [-0.25, -0.2) is 9.97 Å². The Labute approximate surface area is 67.7 Å². The Morgan fingerprint density at radius 2 is 2.25 bits per heavy atom. The molecule has 0 unspecified atom stereocenters. The summed E-state index contributed by atoms with van der Waals surface area (Å²) in [6.07, 6.45) is 2.06. The summed E-state index contributed by atoms with van der Waals surface area (Å²) in [5.74, 6) is -3.09. The van der Waals surface area contributed by atoms with E-state index in [1.807, 2.05) is 0 Å². The van der Waals surface area contributed by atoms with Crippen molar-refractivity contribution in [3.63, 3.8) is 0 Å². The lowest BCUT2D eigenvalue weighted by Crippen LogP contribution is -2.12. The molecule has 0 N–H and O–H groups in total. The summed E-state index contributed by atoms with van der Waals surface area (Å²) < 4.78 is 25.3. The van der Waals surface area contributed by atoms with E-state index >= 15 is 0 Å². The molecule has 1 aromatic rings. The van der Waals surface area contributed by atoms with Crippen LogP contribution >= 0.6 is 0 Å². The minimum absolute atomic E-state index is 0.190. The molecule has 0 aliphatic rings. The molecule has 0 saturated heterocycles. The van der Waals surface area contributed by atoms with Crippen LogP contribution in [-0.4, -0.2) is 9.97 Å². The van der Waals surface area contributed by atoms with Gasteiger partial charge in [-0.15, -0.1) is 0 Å². The molecule has 0 atom stereocenters. The second-order valence-electron chi connectivity index (χ2n) is 2.29. The van der Waals surface area contributed by atoms with Crippen LogP contribution in [-0.2, 0) is 5.92 Å². The van der Waals surface area contributed by atoms with Crippen LogP contribution in [0.25, 0.3) is 0 Å². The molecule has 0 amide bonds. The molecule has 3 nitrogen and oxygen atoms in total. The number of halogens is 2. The smallest absolute Gasteiger partial charge is 0.243 e. The topological polar surface area (TPSA) is 49.6 Å². The minimum atomic E-state index is -3.09. The van der Waals surface area contributed by atoms with E-state index in [0.29, 0.717) is 6.92 Å². The zero-order valence-corrected chi connectivity index (χ0v) is 6.25. The van der Waals surface area contributed by atoms with Crippen LogP contribution < -0.4 is 0 Å². The minimum Gasteiger partial charge on any atom is -0.243 e. The van der Waals surface area contributed by atoms with Gasteiger partial charge in [0.05, 0.1) is 5.56 Å². The summed E-state index contributed by atoms with van der Waals surface area (Å²) in [6, 6.07) is 1.60. The maximum absolute atomic E-state index is 12.7. The second-order valence-corrected chi connectivity index (χ2v) is 2.29. The monoisotopic (exact) mass is 169 g/mol. The normalized spacial score (nSPS) is 10.8. The lowest BCUT2D eigenvalue weighted by Gasteiger charge is -2.09. The molecule has 0 radical (unpaired) electrons. The standard InChI is InChI=1S/C7H5F2N3/c1-7(8,9)6-5(2-10)3-11-4-12-6/h3-4H,1H3. The van der Waals surface area contributed by atoms with Crippen molar-refractivity contribution < 1.29 is 8.78 Å². The van der Waals surface area contributed by atoms with E-state index in [1.54, 1.807) is 6.07 Å². The first-order valence-corrected chi connectivity index (χ1v) is 3.14. The quantitative estimate of drug-likeness (QED) is 0.639. The number of aromatic nitrogens is 2. The molecule has 0 fully saturated rings. The average Bonchev–Trinajstić information content (AvgIpc) is 2.03. The molecule has 0 aromatic carbocycles. The molecule has 0 aliphatic carbocycles. The van der Waals surface area contributed by atoms with Crippen LogP contribution in [0.4, 0.5) is 8.78 Å². The number of hydrogen-bond donors (Lipinski definition) is 0. The lowest BCUT2D eigenvalue weighted by atomic mass is 10.2. The van der Waals surface area contributed by atoms with Gasteiger partial charge >= 0.3 is 0 Å². The predicted octanol–water partition coefficient (Wildman–Crippen LogP) is 1.46. The molecule has 1 aromatic heterocycles. The van der Waals surface area contributed by atoms with Crippen LogP contribution in [0.3, 0.4) is 0 Å². The van der Waals surface area contributed by atoms with E-state index in [-0.39, 0.29) is 5.56 Å². The third-order valence-corrected chi connectivity index (χ3v) is 1.25. The van der Waals surface area contributed by atoms with Crippen LogP contribution in [0.1, 0.15) is 18.2 Å². The molecule has 1 heterocycles. The fourth-order valence-electron chi connectivity index (χ4n) is 0.761. The van der Waals surface area contributed by atoms with Crippen LogP contribution in [0.5, 0.6) is 0 Å². The van der Waals surface area contributed by atoms with Crippen molar-refractivity contribution in [2.75, 3.05) is 0 Å². The van der Waals surface area contributed by atoms with Crippen molar-refractivity contribution in [1.82, 2.24) is 9.97 Å². The fourth-order valence-corrected chi connectivity index (χ4v) is 0.761. The average molecular weight is 169 g/mol. The third-order valence-electron chi connectivity index (χ3n) is 1.25. The summed E-state index contributed by atoms with van der Waals surface area (Å²) in [4.78, 5) is 6.80. The predicted molar refractivity (Wildman–Crippen MR) is 36.3 cm³/mol. The molecular weight excluding hydrogens is 164 g/mol. The van der Waals surface area contributed by atoms with Crippen LogP contribution in [0, 0.1) is 11.3 Å². The highest BCUT2D eigenvalue weighted by Gasteiger charge is 2.29. The number of alkyl halides is 2. The molecule has 0 saturated carbocycles. The van der Waals surface area contributed by atoms with Crippen LogP contribution in [0.15, 0.2) is 12.5 Å².